The molecule has 2 heterocycles. The number of hydrogen-bond donors (Lipinski definition) is 0. The van der Waals surface area contributed by atoms with Gasteiger partial charge in [-0.15, -0.1) is 0 Å². The van der Waals surface area contributed by atoms with Crippen molar-refractivity contribution in [2.75, 3.05) is 11.9 Å². The molecular formula is C28H16F6N2O4. The van der Waals surface area contributed by atoms with Crippen LogP contribution in [0.2, 0.25) is 0 Å². The molecule has 0 aromatic heterocycles. The number of carbonyl (C=O) groups excluding carboxylic acids is 4. The van der Waals surface area contributed by atoms with E-state index in [9.17, 15) is 45.5 Å². The van der Waals surface area contributed by atoms with Gasteiger partial charge in [0.25, 0.3) is 23.6 Å². The highest BCUT2D eigenvalue weighted by Gasteiger charge is 2.73. The molecule has 0 unspecified atom stereocenters. The second kappa shape index (κ2) is 8.63. The third kappa shape index (κ3) is 3.51. The summed E-state index contributed by atoms with van der Waals surface area (Å²) in [4.78, 5) is 52.1. The van der Waals surface area contributed by atoms with E-state index in [-0.39, 0.29) is 16.8 Å². The van der Waals surface area contributed by atoms with Gasteiger partial charge in [-0.3, -0.25) is 24.1 Å². The van der Waals surface area contributed by atoms with Crippen LogP contribution >= 0.6 is 0 Å². The number of hydrogen-bond acceptors (Lipinski definition) is 4. The summed E-state index contributed by atoms with van der Waals surface area (Å²) in [6.07, 6.45) is -10.6. The minimum Gasteiger partial charge on any atom is -0.277 e. The van der Waals surface area contributed by atoms with Crippen LogP contribution in [0, 0.1) is 0 Å². The molecule has 0 spiro atoms. The third-order valence-corrected chi connectivity index (χ3v) is 7.06. The summed E-state index contributed by atoms with van der Waals surface area (Å²) in [5.41, 5.74) is -8.93. The summed E-state index contributed by atoms with van der Waals surface area (Å²) in [7, 11) is 1.05. The highest BCUT2D eigenvalue weighted by molar-refractivity contribution is 6.34. The standard InChI is InChI=1S/C28H16F6N2O4/c1-3-14-5-4-6-17(11-14)36-24(39)19-10-8-16(13-21(19)25(36)40)26(27(29,30)31,28(32,33)34)15-7-9-18-20(12-15)23(38)35(2)22(18)37/h3-13H,1H2,2H3. The van der Waals surface area contributed by atoms with Crippen molar-refractivity contribution < 1.29 is 45.5 Å². The fourth-order valence-corrected chi connectivity index (χ4v) is 5.08. The molecule has 5 rings (SSSR count). The number of nitrogens with zero attached hydrogens (tertiary/aromatic N) is 2. The molecule has 0 saturated carbocycles. The lowest BCUT2D eigenvalue weighted by Crippen LogP contribution is -2.55. The number of carbonyl (C=O) groups is 4. The van der Waals surface area contributed by atoms with Crippen LogP contribution in [0.5, 0.6) is 0 Å². The summed E-state index contributed by atoms with van der Waals surface area (Å²) < 4.78 is 88.5. The number of rotatable bonds is 4. The Hall–Kier alpha value is -4.74. The molecule has 40 heavy (non-hydrogen) atoms. The van der Waals surface area contributed by atoms with Crippen LogP contribution in [-0.4, -0.2) is 47.9 Å². The van der Waals surface area contributed by atoms with Crippen molar-refractivity contribution in [3.05, 3.63) is 106 Å². The van der Waals surface area contributed by atoms with Gasteiger partial charge in [-0.1, -0.05) is 36.9 Å². The first-order valence-corrected chi connectivity index (χ1v) is 11.5. The van der Waals surface area contributed by atoms with Gasteiger partial charge in [0.05, 0.1) is 27.9 Å². The molecule has 204 valence electrons. The van der Waals surface area contributed by atoms with E-state index in [1.807, 2.05) is 0 Å². The van der Waals surface area contributed by atoms with Gasteiger partial charge >= 0.3 is 12.4 Å². The predicted octanol–water partition coefficient (Wildman–Crippen LogP) is 5.77. The lowest BCUT2D eigenvalue weighted by molar-refractivity contribution is -0.288. The molecule has 6 nitrogen and oxygen atoms in total. The minimum atomic E-state index is -6.03. The van der Waals surface area contributed by atoms with Crippen LogP contribution in [0.1, 0.15) is 58.1 Å². The maximum Gasteiger partial charge on any atom is 0.411 e. The van der Waals surface area contributed by atoms with E-state index in [0.717, 1.165) is 19.2 Å². The monoisotopic (exact) mass is 558 g/mol. The smallest absolute Gasteiger partial charge is 0.277 e. The summed E-state index contributed by atoms with van der Waals surface area (Å²) in [5, 5.41) is 0. The van der Waals surface area contributed by atoms with Crippen molar-refractivity contribution in [1.29, 1.82) is 0 Å². The molecule has 0 atom stereocenters. The largest absolute Gasteiger partial charge is 0.411 e. The molecule has 12 heteroatoms. The Balaban J connectivity index is 1.73. The van der Waals surface area contributed by atoms with E-state index in [1.54, 1.807) is 6.07 Å². The second-order valence-electron chi connectivity index (χ2n) is 9.18. The number of amides is 4. The summed E-state index contributed by atoms with van der Waals surface area (Å²) in [5.74, 6) is -3.98. The van der Waals surface area contributed by atoms with Crippen LogP contribution in [0.3, 0.4) is 0 Å². The Labute approximate surface area is 222 Å². The number of benzene rings is 3. The summed E-state index contributed by atoms with van der Waals surface area (Å²) in [6.45, 7) is 3.58. The Morgan fingerprint density at radius 3 is 1.65 bits per heavy atom. The van der Waals surface area contributed by atoms with Crippen molar-refractivity contribution >= 4 is 35.4 Å². The maximum atomic E-state index is 14.7. The summed E-state index contributed by atoms with van der Waals surface area (Å²) >= 11 is 0. The Kier molecular flexibility index (Phi) is 5.79. The first-order chi connectivity index (χ1) is 18.6. The molecule has 4 amide bonds. The van der Waals surface area contributed by atoms with Crippen molar-refractivity contribution in [3.8, 4) is 0 Å². The molecule has 0 aliphatic carbocycles. The van der Waals surface area contributed by atoms with Gasteiger partial charge in [0.15, 0.2) is 0 Å². The fraction of sp³-hybridized carbons (Fsp3) is 0.143. The van der Waals surface area contributed by atoms with Gasteiger partial charge in [-0.05, 0) is 53.1 Å². The molecule has 0 fully saturated rings. The number of alkyl halides is 6. The van der Waals surface area contributed by atoms with Gasteiger partial charge in [-0.2, -0.15) is 26.3 Å². The first-order valence-electron chi connectivity index (χ1n) is 11.5. The Morgan fingerprint density at radius 1 is 0.650 bits per heavy atom. The zero-order valence-corrected chi connectivity index (χ0v) is 20.4. The van der Waals surface area contributed by atoms with Gasteiger partial charge in [0.1, 0.15) is 0 Å². The first kappa shape index (κ1) is 26.9. The van der Waals surface area contributed by atoms with Crippen LogP contribution < -0.4 is 4.90 Å². The minimum absolute atomic E-state index is 0.0500. The molecule has 3 aromatic carbocycles. The second-order valence-corrected chi connectivity index (χ2v) is 9.18. The zero-order valence-electron chi connectivity index (χ0n) is 20.4. The van der Waals surface area contributed by atoms with Crippen LogP contribution in [-0.2, 0) is 5.41 Å². The lowest BCUT2D eigenvalue weighted by Gasteiger charge is -2.38. The molecule has 0 bridgehead atoms. The van der Waals surface area contributed by atoms with Gasteiger partial charge in [0.2, 0.25) is 5.41 Å². The van der Waals surface area contributed by atoms with E-state index in [1.165, 1.54) is 24.3 Å². The van der Waals surface area contributed by atoms with Crippen LogP contribution in [0.4, 0.5) is 32.0 Å². The van der Waals surface area contributed by atoms with Crippen molar-refractivity contribution in [3.63, 3.8) is 0 Å². The SMILES string of the molecule is C=Cc1cccc(N2C(=O)c3ccc(C(c4ccc5c(c4)C(=O)N(C)C5=O)(C(F)(F)F)C(F)(F)F)cc3C2=O)c1. The molecule has 0 radical (unpaired) electrons. The predicted molar refractivity (Wildman–Crippen MR) is 130 cm³/mol. The molecular weight excluding hydrogens is 542 g/mol. The van der Waals surface area contributed by atoms with E-state index >= 15 is 0 Å². The van der Waals surface area contributed by atoms with Gasteiger partial charge in [-0.25, -0.2) is 4.90 Å². The number of anilines is 1. The van der Waals surface area contributed by atoms with E-state index in [2.05, 4.69) is 6.58 Å². The molecule has 2 aliphatic heterocycles. The molecule has 2 aliphatic rings. The quantitative estimate of drug-likeness (QED) is 0.301. The van der Waals surface area contributed by atoms with Crippen molar-refractivity contribution in [2.24, 2.45) is 0 Å². The molecule has 0 saturated heterocycles. The average molecular weight is 558 g/mol. The maximum absolute atomic E-state index is 14.7. The van der Waals surface area contributed by atoms with Crippen LogP contribution in [0.15, 0.2) is 67.2 Å². The third-order valence-electron chi connectivity index (χ3n) is 7.06. The number of halogens is 6. The molecule has 3 aromatic rings. The summed E-state index contributed by atoms with van der Waals surface area (Å²) in [6, 6.07) is 9.14. The lowest BCUT2D eigenvalue weighted by atomic mass is 9.71. The van der Waals surface area contributed by atoms with E-state index in [4.69, 9.17) is 0 Å². The number of fused-ring (bicyclic) bond motifs is 2. The van der Waals surface area contributed by atoms with E-state index in [0.29, 0.717) is 39.6 Å². The normalized spacial score (nSPS) is 15.6. The zero-order chi connectivity index (χ0) is 29.4. The van der Waals surface area contributed by atoms with Crippen LogP contribution in [0.25, 0.3) is 6.08 Å². The van der Waals surface area contributed by atoms with Crippen molar-refractivity contribution in [2.45, 2.75) is 17.8 Å². The van der Waals surface area contributed by atoms with E-state index < -0.39 is 63.7 Å². The Bertz CT molecular complexity index is 1640. The van der Waals surface area contributed by atoms with Gasteiger partial charge in [0, 0.05) is 7.05 Å². The van der Waals surface area contributed by atoms with Crippen molar-refractivity contribution in [1.82, 2.24) is 4.90 Å². The highest BCUT2D eigenvalue weighted by atomic mass is 19.4. The number of imide groups is 2. The highest BCUT2D eigenvalue weighted by Crippen LogP contribution is 2.57. The topological polar surface area (TPSA) is 74.8 Å². The van der Waals surface area contributed by atoms with Gasteiger partial charge < -0.3 is 0 Å². The Morgan fingerprint density at radius 2 is 1.12 bits per heavy atom. The average Bonchev–Trinajstić information content (AvgIpc) is 3.26. The molecule has 0 N–H and O–H groups in total. The fourth-order valence-electron chi connectivity index (χ4n) is 5.08.